The summed E-state index contributed by atoms with van der Waals surface area (Å²) in [7, 11) is 0. The van der Waals surface area contributed by atoms with Crippen molar-refractivity contribution in [2.75, 3.05) is 0 Å². The summed E-state index contributed by atoms with van der Waals surface area (Å²) in [6, 6.07) is 7.04. The lowest BCUT2D eigenvalue weighted by molar-refractivity contribution is -0.141. The van der Waals surface area contributed by atoms with Crippen LogP contribution in [-0.2, 0) is 4.79 Å². The zero-order valence-electron chi connectivity index (χ0n) is 8.49. The van der Waals surface area contributed by atoms with Gasteiger partial charge in [0.1, 0.15) is 5.41 Å². The van der Waals surface area contributed by atoms with Gasteiger partial charge in [0.2, 0.25) is 0 Å². The number of rotatable bonds is 3. The first kappa shape index (κ1) is 9.90. The normalized spacial score (nSPS) is 17.1. The number of aryl methyl sites for hydroxylation is 1. The molecule has 0 radical (unpaired) electrons. The fraction of sp³-hybridized carbons (Fsp3) is 0.333. The Labute approximate surface area is 87.7 Å². The van der Waals surface area contributed by atoms with Crippen molar-refractivity contribution in [3.05, 3.63) is 35.4 Å². The second-order valence-electron chi connectivity index (χ2n) is 4.08. The van der Waals surface area contributed by atoms with Gasteiger partial charge < -0.3 is 5.11 Å². The van der Waals surface area contributed by atoms with Gasteiger partial charge in [-0.05, 0) is 19.8 Å². The number of carbonyl (C=O) groups is 2. The van der Waals surface area contributed by atoms with Gasteiger partial charge in [-0.3, -0.25) is 9.59 Å². The van der Waals surface area contributed by atoms with E-state index in [1.165, 1.54) is 0 Å². The van der Waals surface area contributed by atoms with Gasteiger partial charge in [-0.1, -0.05) is 29.8 Å². The summed E-state index contributed by atoms with van der Waals surface area (Å²) < 4.78 is 0. The standard InChI is InChI=1S/C12H12O3/c1-8-2-4-9(5-3-8)10(13)12(6-7-12)11(14)15/h2-5H,6-7H2,1H3,(H,14,15). The molecule has 78 valence electrons. The SMILES string of the molecule is Cc1ccc(C(=O)C2(C(=O)O)CC2)cc1. The van der Waals surface area contributed by atoms with Gasteiger partial charge in [-0.25, -0.2) is 0 Å². The van der Waals surface area contributed by atoms with Crippen molar-refractivity contribution in [3.63, 3.8) is 0 Å². The van der Waals surface area contributed by atoms with Crippen LogP contribution in [0.4, 0.5) is 0 Å². The van der Waals surface area contributed by atoms with Crippen LogP contribution in [0, 0.1) is 12.3 Å². The van der Waals surface area contributed by atoms with E-state index in [9.17, 15) is 9.59 Å². The van der Waals surface area contributed by atoms with E-state index in [0.29, 0.717) is 18.4 Å². The molecular formula is C12H12O3. The van der Waals surface area contributed by atoms with Crippen LogP contribution in [0.25, 0.3) is 0 Å². The van der Waals surface area contributed by atoms with Crippen molar-refractivity contribution < 1.29 is 14.7 Å². The predicted molar refractivity (Wildman–Crippen MR) is 54.8 cm³/mol. The summed E-state index contributed by atoms with van der Waals surface area (Å²) in [6.07, 6.45) is 0.935. The van der Waals surface area contributed by atoms with Crippen LogP contribution in [0.1, 0.15) is 28.8 Å². The van der Waals surface area contributed by atoms with Crippen LogP contribution >= 0.6 is 0 Å². The largest absolute Gasteiger partial charge is 0.480 e. The Morgan fingerprint density at radius 3 is 2.13 bits per heavy atom. The third-order valence-corrected chi connectivity index (χ3v) is 2.91. The van der Waals surface area contributed by atoms with Crippen molar-refractivity contribution in [3.8, 4) is 0 Å². The van der Waals surface area contributed by atoms with Gasteiger partial charge in [0.15, 0.2) is 5.78 Å². The molecule has 15 heavy (non-hydrogen) atoms. The minimum absolute atomic E-state index is 0.255. The van der Waals surface area contributed by atoms with E-state index in [2.05, 4.69) is 0 Å². The zero-order chi connectivity index (χ0) is 11.1. The van der Waals surface area contributed by atoms with E-state index < -0.39 is 11.4 Å². The minimum Gasteiger partial charge on any atom is -0.480 e. The van der Waals surface area contributed by atoms with Crippen molar-refractivity contribution in [1.82, 2.24) is 0 Å². The molecular weight excluding hydrogens is 192 g/mol. The van der Waals surface area contributed by atoms with Gasteiger partial charge >= 0.3 is 5.97 Å². The molecule has 1 aromatic rings. The van der Waals surface area contributed by atoms with Crippen LogP contribution in [0.2, 0.25) is 0 Å². The van der Waals surface area contributed by atoms with Crippen LogP contribution in [0.15, 0.2) is 24.3 Å². The number of carboxylic acids is 1. The van der Waals surface area contributed by atoms with E-state index in [1.54, 1.807) is 12.1 Å². The number of carbonyl (C=O) groups excluding carboxylic acids is 1. The number of hydrogen-bond donors (Lipinski definition) is 1. The highest BCUT2D eigenvalue weighted by Crippen LogP contribution is 2.48. The quantitative estimate of drug-likeness (QED) is 0.605. The Bertz CT molecular complexity index is 413. The Balaban J connectivity index is 2.29. The van der Waals surface area contributed by atoms with Gasteiger partial charge in [0.05, 0.1) is 0 Å². The molecule has 0 spiro atoms. The Morgan fingerprint density at radius 2 is 1.73 bits per heavy atom. The average molecular weight is 204 g/mol. The zero-order valence-corrected chi connectivity index (χ0v) is 8.49. The topological polar surface area (TPSA) is 54.4 Å². The molecule has 3 nitrogen and oxygen atoms in total. The lowest BCUT2D eigenvalue weighted by atomic mass is 9.94. The summed E-state index contributed by atoms with van der Waals surface area (Å²) in [5.41, 5.74) is 0.446. The lowest BCUT2D eigenvalue weighted by Crippen LogP contribution is -2.25. The van der Waals surface area contributed by atoms with Crippen molar-refractivity contribution in [2.24, 2.45) is 5.41 Å². The molecule has 3 heteroatoms. The molecule has 1 fully saturated rings. The second-order valence-corrected chi connectivity index (χ2v) is 4.08. The van der Waals surface area contributed by atoms with Crippen molar-refractivity contribution >= 4 is 11.8 Å². The maximum atomic E-state index is 11.9. The summed E-state index contributed by atoms with van der Waals surface area (Å²) in [6.45, 7) is 1.93. The Morgan fingerprint density at radius 1 is 1.20 bits per heavy atom. The maximum Gasteiger partial charge on any atom is 0.317 e. The highest BCUT2D eigenvalue weighted by atomic mass is 16.4. The summed E-state index contributed by atoms with van der Waals surface area (Å²) >= 11 is 0. The fourth-order valence-electron chi connectivity index (χ4n) is 1.64. The fourth-order valence-corrected chi connectivity index (χ4v) is 1.64. The number of aliphatic carboxylic acids is 1. The Hall–Kier alpha value is -1.64. The summed E-state index contributed by atoms with van der Waals surface area (Å²) in [4.78, 5) is 22.8. The summed E-state index contributed by atoms with van der Waals surface area (Å²) in [5.74, 6) is -1.25. The minimum atomic E-state index is -1.12. The monoisotopic (exact) mass is 204 g/mol. The molecule has 0 bridgehead atoms. The number of ketones is 1. The maximum absolute atomic E-state index is 11.9. The molecule has 0 unspecified atom stereocenters. The average Bonchev–Trinajstić information content (AvgIpc) is 2.98. The second kappa shape index (κ2) is 3.19. The molecule has 1 aliphatic carbocycles. The van der Waals surface area contributed by atoms with Gasteiger partial charge in [-0.15, -0.1) is 0 Å². The van der Waals surface area contributed by atoms with Crippen molar-refractivity contribution in [2.45, 2.75) is 19.8 Å². The number of hydrogen-bond acceptors (Lipinski definition) is 2. The van der Waals surface area contributed by atoms with Gasteiger partial charge in [0, 0.05) is 5.56 Å². The number of benzene rings is 1. The molecule has 1 aromatic carbocycles. The Kier molecular flexibility index (Phi) is 2.11. The first-order chi connectivity index (χ1) is 7.06. The molecule has 1 N–H and O–H groups in total. The first-order valence-electron chi connectivity index (χ1n) is 4.91. The molecule has 0 aliphatic heterocycles. The number of carboxylic acid groups (broad SMARTS) is 1. The van der Waals surface area contributed by atoms with E-state index >= 15 is 0 Å². The number of Topliss-reactive ketones (excluding diaryl/α,β-unsaturated/α-hetero) is 1. The highest BCUT2D eigenvalue weighted by molar-refractivity contribution is 6.14. The van der Waals surface area contributed by atoms with Crippen LogP contribution in [-0.4, -0.2) is 16.9 Å². The molecule has 1 aliphatic rings. The lowest BCUT2D eigenvalue weighted by Gasteiger charge is -2.08. The third-order valence-electron chi connectivity index (χ3n) is 2.91. The summed E-state index contributed by atoms with van der Waals surface area (Å²) in [5, 5.41) is 8.97. The molecule has 2 rings (SSSR count). The molecule has 0 amide bonds. The van der Waals surface area contributed by atoms with E-state index in [4.69, 9.17) is 5.11 Å². The van der Waals surface area contributed by atoms with Crippen LogP contribution in [0.5, 0.6) is 0 Å². The first-order valence-corrected chi connectivity index (χ1v) is 4.91. The van der Waals surface area contributed by atoms with E-state index in [-0.39, 0.29) is 5.78 Å². The highest BCUT2D eigenvalue weighted by Gasteiger charge is 2.56. The van der Waals surface area contributed by atoms with E-state index in [0.717, 1.165) is 5.56 Å². The molecule has 1 saturated carbocycles. The predicted octanol–water partition coefficient (Wildman–Crippen LogP) is 2.04. The van der Waals surface area contributed by atoms with Gasteiger partial charge in [-0.2, -0.15) is 0 Å². The van der Waals surface area contributed by atoms with Gasteiger partial charge in [0.25, 0.3) is 0 Å². The third kappa shape index (κ3) is 1.54. The van der Waals surface area contributed by atoms with Crippen LogP contribution in [0.3, 0.4) is 0 Å². The smallest absolute Gasteiger partial charge is 0.317 e. The van der Waals surface area contributed by atoms with E-state index in [1.807, 2.05) is 19.1 Å². The molecule has 0 heterocycles. The molecule has 0 saturated heterocycles. The van der Waals surface area contributed by atoms with Crippen LogP contribution < -0.4 is 0 Å². The van der Waals surface area contributed by atoms with Crippen molar-refractivity contribution in [1.29, 1.82) is 0 Å². The molecule has 0 atom stereocenters. The molecule has 0 aromatic heterocycles.